The Morgan fingerprint density at radius 1 is 1.24 bits per heavy atom. The second-order valence-electron chi connectivity index (χ2n) is 5.42. The van der Waals surface area contributed by atoms with E-state index in [1.807, 2.05) is 24.3 Å². The lowest BCUT2D eigenvalue weighted by atomic mass is 10.1. The minimum atomic E-state index is -2.81. The molecule has 0 radical (unpaired) electrons. The molecule has 1 aliphatic rings. The van der Waals surface area contributed by atoms with Gasteiger partial charge in [-0.25, -0.2) is 8.42 Å². The van der Waals surface area contributed by atoms with Crippen molar-refractivity contribution in [2.75, 3.05) is 41.4 Å². The summed E-state index contributed by atoms with van der Waals surface area (Å²) in [5, 5.41) is 12.4. The summed E-state index contributed by atoms with van der Waals surface area (Å²) in [7, 11) is -2.81. The molecule has 0 aliphatic carbocycles. The Balaban J connectivity index is 1.93. The van der Waals surface area contributed by atoms with Gasteiger partial charge in [0, 0.05) is 30.5 Å². The lowest BCUT2D eigenvalue weighted by Crippen LogP contribution is -2.32. The van der Waals surface area contributed by atoms with Crippen LogP contribution in [0.5, 0.6) is 0 Å². The fourth-order valence-electron chi connectivity index (χ4n) is 2.63. The van der Waals surface area contributed by atoms with Crippen LogP contribution in [0.1, 0.15) is 19.8 Å². The van der Waals surface area contributed by atoms with E-state index < -0.39 is 9.84 Å². The van der Waals surface area contributed by atoms with Crippen molar-refractivity contribution in [1.29, 1.82) is 0 Å². The number of hydrogen-bond donors (Lipinski definition) is 2. The van der Waals surface area contributed by atoms with Crippen molar-refractivity contribution in [2.24, 2.45) is 0 Å². The van der Waals surface area contributed by atoms with E-state index >= 15 is 0 Å². The summed E-state index contributed by atoms with van der Waals surface area (Å²) < 4.78 is 22.8. The molecule has 21 heavy (non-hydrogen) atoms. The van der Waals surface area contributed by atoms with Crippen molar-refractivity contribution in [3.63, 3.8) is 0 Å². The van der Waals surface area contributed by atoms with Crippen LogP contribution < -0.4 is 10.2 Å². The smallest absolute Gasteiger partial charge is 0.150 e. The first-order valence-corrected chi connectivity index (χ1v) is 9.29. The summed E-state index contributed by atoms with van der Waals surface area (Å²) in [6.07, 6.45) is 1.35. The maximum Gasteiger partial charge on any atom is 0.150 e. The van der Waals surface area contributed by atoms with Gasteiger partial charge < -0.3 is 15.3 Å². The molecule has 5 nitrogen and oxygen atoms in total. The molecule has 1 saturated heterocycles. The molecule has 0 saturated carbocycles. The van der Waals surface area contributed by atoms with E-state index in [2.05, 4.69) is 17.1 Å². The van der Waals surface area contributed by atoms with Crippen molar-refractivity contribution in [3.05, 3.63) is 24.3 Å². The van der Waals surface area contributed by atoms with Crippen molar-refractivity contribution in [2.45, 2.75) is 25.8 Å². The zero-order valence-electron chi connectivity index (χ0n) is 12.5. The Hall–Kier alpha value is -1.27. The first kappa shape index (κ1) is 16.1. The lowest BCUT2D eigenvalue weighted by Gasteiger charge is -2.25. The molecule has 0 bridgehead atoms. The second-order valence-corrected chi connectivity index (χ2v) is 7.72. The van der Waals surface area contributed by atoms with Gasteiger partial charge in [-0.2, -0.15) is 0 Å². The third-order valence-corrected chi connectivity index (χ3v) is 5.62. The number of anilines is 2. The first-order valence-electron chi connectivity index (χ1n) is 7.47. The number of likely N-dealkylation sites (N-methyl/N-ethyl adjacent to an activating group) is 1. The van der Waals surface area contributed by atoms with Gasteiger partial charge in [-0.3, -0.25) is 0 Å². The third-order valence-electron chi connectivity index (χ3n) is 3.91. The second kappa shape index (κ2) is 7.13. The molecule has 1 aromatic carbocycles. The van der Waals surface area contributed by atoms with Gasteiger partial charge in [0.25, 0.3) is 0 Å². The van der Waals surface area contributed by atoms with Crippen LogP contribution in [0.25, 0.3) is 0 Å². The Bertz CT molecular complexity index is 529. The molecule has 6 heteroatoms. The molecule has 2 rings (SSSR count). The summed E-state index contributed by atoms with van der Waals surface area (Å²) in [5.41, 5.74) is 2.10. The number of aliphatic hydroxyl groups is 1. The van der Waals surface area contributed by atoms with Gasteiger partial charge in [0.15, 0.2) is 0 Å². The SMILES string of the molecule is CCN(CCO)c1ccc(NC2CCS(=O)(=O)CC2)cc1. The Labute approximate surface area is 126 Å². The van der Waals surface area contributed by atoms with Crippen LogP contribution in [0, 0.1) is 0 Å². The van der Waals surface area contributed by atoms with E-state index in [1.165, 1.54) is 0 Å². The molecule has 1 fully saturated rings. The highest BCUT2D eigenvalue weighted by Crippen LogP contribution is 2.21. The average Bonchev–Trinajstić information content (AvgIpc) is 2.48. The topological polar surface area (TPSA) is 69.6 Å². The van der Waals surface area contributed by atoms with Crippen molar-refractivity contribution in [3.8, 4) is 0 Å². The van der Waals surface area contributed by atoms with Gasteiger partial charge in [-0.05, 0) is 44.0 Å². The highest BCUT2D eigenvalue weighted by Gasteiger charge is 2.23. The van der Waals surface area contributed by atoms with Crippen LogP contribution in [0.3, 0.4) is 0 Å². The number of benzene rings is 1. The number of nitrogens with one attached hydrogen (secondary N) is 1. The molecule has 0 unspecified atom stereocenters. The number of aliphatic hydroxyl groups excluding tert-OH is 1. The van der Waals surface area contributed by atoms with Crippen LogP contribution in [0.2, 0.25) is 0 Å². The normalized spacial score (nSPS) is 18.4. The number of rotatable bonds is 6. The van der Waals surface area contributed by atoms with Crippen LogP contribution >= 0.6 is 0 Å². The fraction of sp³-hybridized carbons (Fsp3) is 0.600. The van der Waals surface area contributed by atoms with Crippen molar-refractivity contribution < 1.29 is 13.5 Å². The minimum Gasteiger partial charge on any atom is -0.395 e. The monoisotopic (exact) mass is 312 g/mol. The molecule has 0 aromatic heterocycles. The largest absolute Gasteiger partial charge is 0.395 e. The van der Waals surface area contributed by atoms with E-state index in [0.717, 1.165) is 17.9 Å². The van der Waals surface area contributed by atoms with Crippen LogP contribution in [0.15, 0.2) is 24.3 Å². The van der Waals surface area contributed by atoms with E-state index in [-0.39, 0.29) is 24.2 Å². The van der Waals surface area contributed by atoms with Gasteiger partial charge in [-0.15, -0.1) is 0 Å². The summed E-state index contributed by atoms with van der Waals surface area (Å²) in [5.74, 6) is 0.561. The Morgan fingerprint density at radius 3 is 2.38 bits per heavy atom. The zero-order chi connectivity index (χ0) is 15.3. The van der Waals surface area contributed by atoms with Crippen molar-refractivity contribution in [1.82, 2.24) is 0 Å². The van der Waals surface area contributed by atoms with Gasteiger partial charge in [0.2, 0.25) is 0 Å². The molecule has 1 aliphatic heterocycles. The molecule has 1 aromatic rings. The Kier molecular flexibility index (Phi) is 5.47. The number of sulfone groups is 1. The number of hydrogen-bond acceptors (Lipinski definition) is 5. The molecule has 0 amide bonds. The van der Waals surface area contributed by atoms with Crippen LogP contribution in [-0.4, -0.2) is 50.8 Å². The first-order chi connectivity index (χ1) is 10.0. The molecule has 1 heterocycles. The summed E-state index contributed by atoms with van der Waals surface area (Å²) in [4.78, 5) is 2.11. The number of nitrogens with zero attached hydrogens (tertiary/aromatic N) is 1. The average molecular weight is 312 g/mol. The summed E-state index contributed by atoms with van der Waals surface area (Å²) in [6, 6.07) is 8.32. The van der Waals surface area contributed by atoms with Crippen molar-refractivity contribution >= 4 is 21.2 Å². The molecule has 2 N–H and O–H groups in total. The van der Waals surface area contributed by atoms with E-state index in [9.17, 15) is 8.42 Å². The molecule has 0 atom stereocenters. The lowest BCUT2D eigenvalue weighted by molar-refractivity contribution is 0.302. The van der Waals surface area contributed by atoms with E-state index in [0.29, 0.717) is 19.4 Å². The highest BCUT2D eigenvalue weighted by molar-refractivity contribution is 7.91. The van der Waals surface area contributed by atoms with Gasteiger partial charge in [0.1, 0.15) is 9.84 Å². The van der Waals surface area contributed by atoms with E-state index in [1.54, 1.807) is 0 Å². The van der Waals surface area contributed by atoms with Gasteiger partial charge >= 0.3 is 0 Å². The summed E-state index contributed by atoms with van der Waals surface area (Å²) >= 11 is 0. The molecule has 118 valence electrons. The fourth-order valence-corrected chi connectivity index (χ4v) is 4.12. The Morgan fingerprint density at radius 2 is 1.86 bits per heavy atom. The molecular formula is C15H24N2O3S. The quantitative estimate of drug-likeness (QED) is 0.833. The van der Waals surface area contributed by atoms with Gasteiger partial charge in [-0.1, -0.05) is 0 Å². The third kappa shape index (κ3) is 4.61. The predicted molar refractivity (Wildman–Crippen MR) is 86.7 cm³/mol. The molecule has 0 spiro atoms. The van der Waals surface area contributed by atoms with Crippen LogP contribution in [0.4, 0.5) is 11.4 Å². The maximum atomic E-state index is 11.4. The highest BCUT2D eigenvalue weighted by atomic mass is 32.2. The van der Waals surface area contributed by atoms with Crippen LogP contribution in [-0.2, 0) is 9.84 Å². The molecular weight excluding hydrogens is 288 g/mol. The van der Waals surface area contributed by atoms with Gasteiger partial charge in [0.05, 0.1) is 18.1 Å². The van der Waals surface area contributed by atoms with E-state index in [4.69, 9.17) is 5.11 Å². The predicted octanol–water partition coefficient (Wildman–Crippen LogP) is 1.49. The zero-order valence-corrected chi connectivity index (χ0v) is 13.3. The maximum absolute atomic E-state index is 11.4. The standard InChI is InChI=1S/C15H24N2O3S/c1-2-17(9-10-18)15-5-3-13(4-6-15)16-14-7-11-21(19,20)12-8-14/h3-6,14,16,18H,2,7-12H2,1H3. The minimum absolute atomic E-state index is 0.143. The summed E-state index contributed by atoms with van der Waals surface area (Å²) in [6.45, 7) is 3.69.